The highest BCUT2D eigenvalue weighted by Gasteiger charge is 2.13. The quantitative estimate of drug-likeness (QED) is 0.846. The summed E-state index contributed by atoms with van der Waals surface area (Å²) >= 11 is 0. The third-order valence-corrected chi connectivity index (χ3v) is 3.17. The molecule has 0 radical (unpaired) electrons. The topological polar surface area (TPSA) is 46.5 Å². The van der Waals surface area contributed by atoms with Crippen LogP contribution in [-0.2, 0) is 17.6 Å². The lowest BCUT2D eigenvalue weighted by atomic mass is 9.91. The van der Waals surface area contributed by atoms with Crippen molar-refractivity contribution in [2.24, 2.45) is 0 Å². The van der Waals surface area contributed by atoms with E-state index in [9.17, 15) is 4.79 Å². The van der Waals surface area contributed by atoms with Gasteiger partial charge in [0, 0.05) is 6.42 Å². The van der Waals surface area contributed by atoms with E-state index in [1.54, 1.807) is 0 Å². The molecule has 0 bridgehead atoms. The number of aliphatic hydroxyl groups excluding tert-OH is 1. The Morgan fingerprint density at radius 2 is 2.12 bits per heavy atom. The number of aryl methyl sites for hydroxylation is 1. The molecular weight excluding hydrogens is 216 g/mol. The normalized spacial score (nSPS) is 14.2. The third-order valence-electron chi connectivity index (χ3n) is 3.17. The first-order valence-electron chi connectivity index (χ1n) is 6.17. The summed E-state index contributed by atoms with van der Waals surface area (Å²) in [7, 11) is 0. The Kier molecular flexibility index (Phi) is 4.15. The fourth-order valence-electron chi connectivity index (χ4n) is 2.24. The van der Waals surface area contributed by atoms with Crippen LogP contribution in [0, 0.1) is 0 Å². The Bertz CT molecular complexity index is 398. The molecule has 0 amide bonds. The molecular formula is C14H18O3. The molecule has 1 aliphatic carbocycles. The van der Waals surface area contributed by atoms with E-state index in [0.717, 1.165) is 18.6 Å². The molecule has 1 aromatic rings. The van der Waals surface area contributed by atoms with Gasteiger partial charge >= 0.3 is 0 Å². The van der Waals surface area contributed by atoms with Gasteiger partial charge in [-0.05, 0) is 42.9 Å². The standard InChI is InChI=1S/C14H18O3/c15-10-12(16)8-9-17-14-7-3-5-11-4-1-2-6-13(11)14/h3,5,7,15H,1-2,4,6,8-10H2. The molecule has 2 rings (SSSR count). The summed E-state index contributed by atoms with van der Waals surface area (Å²) in [5, 5.41) is 8.62. The Hall–Kier alpha value is -1.35. The van der Waals surface area contributed by atoms with Crippen LogP contribution in [-0.4, -0.2) is 24.1 Å². The highest BCUT2D eigenvalue weighted by molar-refractivity contribution is 5.79. The number of carbonyl (C=O) groups excluding carboxylic acids is 1. The fraction of sp³-hybridized carbons (Fsp3) is 0.500. The second kappa shape index (κ2) is 5.82. The van der Waals surface area contributed by atoms with Crippen LogP contribution >= 0.6 is 0 Å². The zero-order valence-corrected chi connectivity index (χ0v) is 9.95. The minimum absolute atomic E-state index is 0.171. The number of fused-ring (bicyclic) bond motifs is 1. The molecule has 0 heterocycles. The summed E-state index contributed by atoms with van der Waals surface area (Å²) in [6, 6.07) is 6.13. The number of carbonyl (C=O) groups is 1. The summed E-state index contributed by atoms with van der Waals surface area (Å²) in [5.41, 5.74) is 2.68. The van der Waals surface area contributed by atoms with Crippen LogP contribution in [0.4, 0.5) is 0 Å². The van der Waals surface area contributed by atoms with Crippen LogP contribution in [0.25, 0.3) is 0 Å². The predicted octanol–water partition coefficient (Wildman–Crippen LogP) is 1.90. The molecule has 0 spiro atoms. The van der Waals surface area contributed by atoms with Crippen molar-refractivity contribution in [3.05, 3.63) is 29.3 Å². The second-order valence-electron chi connectivity index (χ2n) is 4.40. The Morgan fingerprint density at radius 1 is 1.29 bits per heavy atom. The van der Waals surface area contributed by atoms with Gasteiger partial charge in [-0.25, -0.2) is 0 Å². The number of ketones is 1. The molecule has 0 unspecified atom stereocenters. The van der Waals surface area contributed by atoms with Crippen molar-refractivity contribution in [1.29, 1.82) is 0 Å². The van der Waals surface area contributed by atoms with Crippen molar-refractivity contribution in [3.8, 4) is 5.75 Å². The highest BCUT2D eigenvalue weighted by Crippen LogP contribution is 2.29. The molecule has 0 fully saturated rings. The van der Waals surface area contributed by atoms with E-state index in [0.29, 0.717) is 6.61 Å². The third kappa shape index (κ3) is 3.07. The Balaban J connectivity index is 1.98. The van der Waals surface area contributed by atoms with Crippen molar-refractivity contribution in [3.63, 3.8) is 0 Å². The van der Waals surface area contributed by atoms with Gasteiger partial charge in [0.25, 0.3) is 0 Å². The van der Waals surface area contributed by atoms with E-state index >= 15 is 0 Å². The van der Waals surface area contributed by atoms with E-state index in [-0.39, 0.29) is 12.2 Å². The monoisotopic (exact) mass is 234 g/mol. The Labute approximate surface area is 101 Å². The van der Waals surface area contributed by atoms with Gasteiger partial charge in [-0.15, -0.1) is 0 Å². The van der Waals surface area contributed by atoms with E-state index in [1.165, 1.54) is 24.0 Å². The maximum absolute atomic E-state index is 11.0. The molecule has 0 atom stereocenters. The average Bonchev–Trinajstić information content (AvgIpc) is 2.39. The molecule has 92 valence electrons. The molecule has 17 heavy (non-hydrogen) atoms. The number of ether oxygens (including phenoxy) is 1. The molecule has 0 saturated carbocycles. The van der Waals surface area contributed by atoms with Crippen LogP contribution in [0.1, 0.15) is 30.4 Å². The van der Waals surface area contributed by atoms with Gasteiger partial charge in [0.1, 0.15) is 12.4 Å². The van der Waals surface area contributed by atoms with E-state index in [4.69, 9.17) is 9.84 Å². The summed E-state index contributed by atoms with van der Waals surface area (Å²) in [4.78, 5) is 11.0. The van der Waals surface area contributed by atoms with Gasteiger partial charge in [-0.2, -0.15) is 0 Å². The van der Waals surface area contributed by atoms with Gasteiger partial charge in [0.05, 0.1) is 6.61 Å². The number of rotatable bonds is 5. The molecule has 1 aliphatic rings. The van der Waals surface area contributed by atoms with Crippen molar-refractivity contribution < 1.29 is 14.6 Å². The average molecular weight is 234 g/mol. The largest absolute Gasteiger partial charge is 0.493 e. The summed E-state index contributed by atoms with van der Waals surface area (Å²) in [6.45, 7) is -0.0356. The molecule has 0 aromatic heterocycles. The van der Waals surface area contributed by atoms with Crippen LogP contribution in [0.2, 0.25) is 0 Å². The summed E-state index contributed by atoms with van der Waals surface area (Å²) in [6.07, 6.45) is 4.93. The number of aliphatic hydroxyl groups is 1. The molecule has 3 heteroatoms. The van der Waals surface area contributed by atoms with Crippen molar-refractivity contribution in [2.75, 3.05) is 13.2 Å². The summed E-state index contributed by atoms with van der Waals surface area (Å²) < 4.78 is 5.64. The van der Waals surface area contributed by atoms with Gasteiger partial charge in [0.15, 0.2) is 5.78 Å². The Morgan fingerprint density at radius 3 is 2.94 bits per heavy atom. The highest BCUT2D eigenvalue weighted by atomic mass is 16.5. The van der Waals surface area contributed by atoms with E-state index in [2.05, 4.69) is 6.07 Å². The van der Waals surface area contributed by atoms with Crippen LogP contribution < -0.4 is 4.74 Å². The zero-order valence-electron chi connectivity index (χ0n) is 9.95. The lowest BCUT2D eigenvalue weighted by molar-refractivity contribution is -0.122. The van der Waals surface area contributed by atoms with Crippen LogP contribution in [0.3, 0.4) is 0 Å². The second-order valence-corrected chi connectivity index (χ2v) is 4.40. The maximum atomic E-state index is 11.0. The van der Waals surface area contributed by atoms with Crippen molar-refractivity contribution in [1.82, 2.24) is 0 Å². The summed E-state index contributed by atoms with van der Waals surface area (Å²) in [5.74, 6) is 0.739. The first-order chi connectivity index (χ1) is 8.31. The maximum Gasteiger partial charge on any atom is 0.161 e. The number of benzene rings is 1. The minimum Gasteiger partial charge on any atom is -0.493 e. The molecule has 1 N–H and O–H groups in total. The van der Waals surface area contributed by atoms with Gasteiger partial charge < -0.3 is 9.84 Å². The van der Waals surface area contributed by atoms with E-state index in [1.807, 2.05) is 12.1 Å². The van der Waals surface area contributed by atoms with Crippen molar-refractivity contribution >= 4 is 5.78 Å². The number of Topliss-reactive ketones (excluding diaryl/α,β-unsaturated/α-hetero) is 1. The minimum atomic E-state index is -0.393. The van der Waals surface area contributed by atoms with Gasteiger partial charge in [0.2, 0.25) is 0 Å². The van der Waals surface area contributed by atoms with Gasteiger partial charge in [-0.1, -0.05) is 12.1 Å². The predicted molar refractivity (Wildman–Crippen MR) is 65.3 cm³/mol. The first-order valence-corrected chi connectivity index (χ1v) is 6.17. The number of hydrogen-bond acceptors (Lipinski definition) is 3. The van der Waals surface area contributed by atoms with Crippen LogP contribution in [0.15, 0.2) is 18.2 Å². The fourth-order valence-corrected chi connectivity index (χ4v) is 2.24. The van der Waals surface area contributed by atoms with E-state index < -0.39 is 6.61 Å². The molecule has 1 aromatic carbocycles. The van der Waals surface area contributed by atoms with Crippen LogP contribution in [0.5, 0.6) is 5.75 Å². The molecule has 0 saturated heterocycles. The molecule has 0 aliphatic heterocycles. The van der Waals surface area contributed by atoms with Gasteiger partial charge in [-0.3, -0.25) is 4.79 Å². The SMILES string of the molecule is O=C(CO)CCOc1cccc2c1CCCC2. The zero-order chi connectivity index (χ0) is 12.1. The molecule has 3 nitrogen and oxygen atoms in total. The smallest absolute Gasteiger partial charge is 0.161 e. The lowest BCUT2D eigenvalue weighted by Gasteiger charge is -2.19. The lowest BCUT2D eigenvalue weighted by Crippen LogP contribution is -2.11. The van der Waals surface area contributed by atoms with Crippen molar-refractivity contribution in [2.45, 2.75) is 32.1 Å². The number of hydrogen-bond donors (Lipinski definition) is 1. The first kappa shape index (κ1) is 12.1.